The second-order valence-electron chi connectivity index (χ2n) is 6.66. The number of benzene rings is 1. The van der Waals surface area contributed by atoms with E-state index in [9.17, 15) is 0 Å². The fourth-order valence-corrected chi connectivity index (χ4v) is 5.42. The van der Waals surface area contributed by atoms with E-state index >= 15 is 0 Å². The van der Waals surface area contributed by atoms with Gasteiger partial charge in [0.1, 0.15) is 0 Å². The monoisotopic (exact) mass is 731 g/mol. The fraction of sp³-hybridized carbons (Fsp3) is 0.529. The van der Waals surface area contributed by atoms with E-state index in [2.05, 4.69) is 76.5 Å². The summed E-state index contributed by atoms with van der Waals surface area (Å²) in [6.45, 7) is 0. The molecule has 0 amide bonds. The predicted octanol–water partition coefficient (Wildman–Crippen LogP) is 5.21. The van der Waals surface area contributed by atoms with Gasteiger partial charge in [-0.1, -0.05) is 0 Å². The van der Waals surface area contributed by atoms with Crippen LogP contribution in [0.5, 0.6) is 0 Å². The molecule has 134 valence electrons. The molecule has 0 saturated heterocycles. The van der Waals surface area contributed by atoms with E-state index in [-0.39, 0.29) is 0 Å². The average Bonchev–Trinajstić information content (AvgIpc) is 2.97. The van der Waals surface area contributed by atoms with E-state index < -0.39 is 0 Å². The Morgan fingerprint density at radius 3 is 2.17 bits per heavy atom. The molecule has 4 nitrogen and oxygen atoms in total. The SMILES string of the molecule is Cn1nc(-c2ccccc2)[nH][c]1=[Pt].IN(I)C12CCC(CC1)CC2. The van der Waals surface area contributed by atoms with Gasteiger partial charge in [-0.05, 0) is 44.4 Å². The van der Waals surface area contributed by atoms with Crippen molar-refractivity contribution in [3.05, 3.63) is 34.1 Å². The molecular formula is C17H22I2N4Pt. The Hall–Kier alpha value is 0.468. The maximum absolute atomic E-state index is 4.33. The summed E-state index contributed by atoms with van der Waals surface area (Å²) in [5.41, 5.74) is 1.71. The zero-order valence-corrected chi connectivity index (χ0v) is 20.2. The molecule has 0 atom stereocenters. The minimum absolute atomic E-state index is 0.593. The van der Waals surface area contributed by atoms with Crippen LogP contribution in [-0.2, 0) is 26.4 Å². The van der Waals surface area contributed by atoms with Crippen molar-refractivity contribution in [2.45, 2.75) is 44.1 Å². The third kappa shape index (κ3) is 4.41. The molecule has 2 aromatic rings. The molecule has 0 aliphatic heterocycles. The number of nitrogens with one attached hydrogen (secondary N) is 1. The van der Waals surface area contributed by atoms with Gasteiger partial charge >= 0.3 is 86.7 Å². The quantitative estimate of drug-likeness (QED) is 0.341. The van der Waals surface area contributed by atoms with Crippen molar-refractivity contribution in [1.82, 2.24) is 16.1 Å². The number of aromatic nitrogens is 3. The Kier molecular flexibility index (Phi) is 6.76. The molecule has 3 fully saturated rings. The summed E-state index contributed by atoms with van der Waals surface area (Å²) in [6.07, 6.45) is 8.81. The molecule has 24 heavy (non-hydrogen) atoms. The van der Waals surface area contributed by atoms with E-state index in [1.807, 2.05) is 42.1 Å². The molecule has 1 heterocycles. The molecular weight excluding hydrogens is 709 g/mol. The molecule has 1 aromatic heterocycles. The molecule has 3 aliphatic rings. The molecule has 5 rings (SSSR count). The normalized spacial score (nSPS) is 25.5. The minimum atomic E-state index is 0.593. The second-order valence-corrected chi connectivity index (χ2v) is 11.5. The van der Waals surface area contributed by atoms with Gasteiger partial charge in [-0.15, -0.1) is 0 Å². The first kappa shape index (κ1) is 19.2. The number of hydrogen-bond acceptors (Lipinski definition) is 2. The standard InChI is InChI=1S/C9H9N3.C8H13I2N.Pt/c1-12-7-10-9(11-12)8-5-3-2-4-6-8;9-11(10)8-4-1-7(2-5-8)3-6-8;/h2-6H,1H3,(H,10,11);7H,1-6H2;. The van der Waals surface area contributed by atoms with Crippen molar-refractivity contribution in [1.29, 1.82) is 0 Å². The first-order valence-corrected chi connectivity index (χ1v) is 11.3. The Morgan fingerprint density at radius 1 is 1.17 bits per heavy atom. The van der Waals surface area contributed by atoms with Crippen LogP contribution >= 0.6 is 45.7 Å². The first-order valence-electron chi connectivity index (χ1n) is 8.26. The van der Waals surface area contributed by atoms with Crippen molar-refractivity contribution >= 4 is 45.7 Å². The number of H-pyrrole nitrogens is 1. The topological polar surface area (TPSA) is 36.9 Å². The van der Waals surface area contributed by atoms with Gasteiger partial charge < -0.3 is 0 Å². The van der Waals surface area contributed by atoms with Crippen LogP contribution in [-0.4, -0.2) is 21.6 Å². The Morgan fingerprint density at radius 2 is 1.75 bits per heavy atom. The maximum Gasteiger partial charge on any atom is 0.0408 e. The molecule has 3 saturated carbocycles. The number of nitrogens with zero attached hydrogens (tertiary/aromatic N) is 3. The molecule has 2 bridgehead atoms. The predicted molar refractivity (Wildman–Crippen MR) is 110 cm³/mol. The van der Waals surface area contributed by atoms with E-state index in [0.717, 1.165) is 21.1 Å². The number of aryl methyl sites for hydroxylation is 1. The zero-order chi connectivity index (χ0) is 17.2. The number of fused-ring (bicyclic) bond motifs is 3. The third-order valence-corrected chi connectivity index (χ3v) is 8.25. The summed E-state index contributed by atoms with van der Waals surface area (Å²) < 4.78 is 5.26. The molecule has 7 heteroatoms. The van der Waals surface area contributed by atoms with Crippen LogP contribution < -0.4 is 0 Å². The van der Waals surface area contributed by atoms with E-state index in [1.54, 1.807) is 0 Å². The van der Waals surface area contributed by atoms with Gasteiger partial charge in [0.05, 0.1) is 0 Å². The van der Waals surface area contributed by atoms with Gasteiger partial charge in [0.25, 0.3) is 0 Å². The third-order valence-electron chi connectivity index (χ3n) is 5.19. The van der Waals surface area contributed by atoms with Gasteiger partial charge in [-0.3, -0.25) is 0 Å². The minimum Gasteiger partial charge on any atom is -0.182 e. The summed E-state index contributed by atoms with van der Waals surface area (Å²) in [7, 11) is 1.92. The van der Waals surface area contributed by atoms with E-state index in [0.29, 0.717) is 5.54 Å². The maximum atomic E-state index is 4.33. The average molecular weight is 731 g/mol. The van der Waals surface area contributed by atoms with Crippen LogP contribution in [0.1, 0.15) is 38.5 Å². The smallest absolute Gasteiger partial charge is 0.0408 e. The molecule has 3 aliphatic carbocycles. The van der Waals surface area contributed by atoms with Gasteiger partial charge in [0.15, 0.2) is 0 Å². The Bertz CT molecular complexity index is 704. The first-order chi connectivity index (χ1) is 11.5. The number of rotatable bonds is 2. The van der Waals surface area contributed by atoms with Crippen molar-refractivity contribution in [3.63, 3.8) is 0 Å². The second kappa shape index (κ2) is 8.44. The fourth-order valence-electron chi connectivity index (χ4n) is 3.59. The summed E-state index contributed by atoms with van der Waals surface area (Å²) >= 11 is 7.12. The molecule has 0 unspecified atom stereocenters. The Labute approximate surface area is 182 Å². The van der Waals surface area contributed by atoms with Crippen molar-refractivity contribution < 1.29 is 19.4 Å². The zero-order valence-electron chi connectivity index (χ0n) is 13.6. The van der Waals surface area contributed by atoms with Crippen LogP contribution in [0.15, 0.2) is 30.3 Å². The summed E-state index contributed by atoms with van der Waals surface area (Å²) in [6, 6.07) is 10.1. The van der Waals surface area contributed by atoms with Crippen molar-refractivity contribution in [2.75, 3.05) is 0 Å². The molecule has 0 radical (unpaired) electrons. The van der Waals surface area contributed by atoms with Gasteiger partial charge in [0, 0.05) is 51.3 Å². The molecule has 1 N–H and O–H groups in total. The summed E-state index contributed by atoms with van der Waals surface area (Å²) in [4.78, 5) is 3.20. The van der Waals surface area contributed by atoms with E-state index in [1.165, 1.54) is 38.5 Å². The number of halogens is 2. The van der Waals surface area contributed by atoms with Crippen LogP contribution in [0.3, 0.4) is 0 Å². The van der Waals surface area contributed by atoms with Crippen LogP contribution in [0.4, 0.5) is 0 Å². The molecule has 1 aromatic carbocycles. The van der Waals surface area contributed by atoms with Crippen molar-refractivity contribution in [2.24, 2.45) is 13.0 Å². The van der Waals surface area contributed by atoms with Gasteiger partial charge in [-0.25, -0.2) is 0 Å². The van der Waals surface area contributed by atoms with Crippen LogP contribution in [0.2, 0.25) is 0 Å². The largest absolute Gasteiger partial charge is 0.182 e. The summed E-state index contributed by atoms with van der Waals surface area (Å²) in [5.74, 6) is 2.00. The van der Waals surface area contributed by atoms with Crippen LogP contribution in [0.25, 0.3) is 11.4 Å². The summed E-state index contributed by atoms with van der Waals surface area (Å²) in [5, 5.41) is 4.33. The van der Waals surface area contributed by atoms with Gasteiger partial charge in [0.2, 0.25) is 0 Å². The number of aromatic amines is 1. The van der Waals surface area contributed by atoms with Crippen molar-refractivity contribution in [3.8, 4) is 11.4 Å². The molecule has 0 spiro atoms. The van der Waals surface area contributed by atoms with E-state index in [4.69, 9.17) is 0 Å². The van der Waals surface area contributed by atoms with Crippen LogP contribution in [0, 0.1) is 9.72 Å². The number of hydrogen-bond donors (Lipinski definition) is 1. The Balaban J connectivity index is 0.000000143. The van der Waals surface area contributed by atoms with Gasteiger partial charge in [-0.2, -0.15) is 1.33 Å².